The van der Waals surface area contributed by atoms with Crippen LogP contribution in [0.2, 0.25) is 0 Å². The highest BCUT2D eigenvalue weighted by Gasteiger charge is 2.32. The molecule has 174 valence electrons. The van der Waals surface area contributed by atoms with E-state index in [1.54, 1.807) is 23.1 Å². The third-order valence-electron chi connectivity index (χ3n) is 6.71. The van der Waals surface area contributed by atoms with Crippen LogP contribution in [0.4, 0.5) is 10.1 Å². The third-order valence-corrected chi connectivity index (χ3v) is 6.71. The van der Waals surface area contributed by atoms with Crippen molar-refractivity contribution in [2.75, 3.05) is 44.2 Å². The molecule has 0 unspecified atom stereocenters. The Balaban J connectivity index is 0.00000144. The molecule has 3 aliphatic rings. The smallest absolute Gasteiger partial charge is 0.263 e. The Morgan fingerprint density at radius 2 is 1.75 bits per heavy atom. The number of hydrogen-bond donors (Lipinski definition) is 1. The number of aromatic nitrogens is 1. The van der Waals surface area contributed by atoms with Gasteiger partial charge in [0.15, 0.2) is 0 Å². The van der Waals surface area contributed by atoms with Crippen molar-refractivity contribution in [1.82, 2.24) is 14.8 Å². The molecule has 0 aliphatic carbocycles. The van der Waals surface area contributed by atoms with Crippen LogP contribution in [-0.2, 0) is 6.54 Å². The van der Waals surface area contributed by atoms with Crippen LogP contribution in [0.5, 0.6) is 0 Å². The normalized spacial score (nSPS) is 22.2. The topological polar surface area (TPSA) is 57.6 Å². The zero-order valence-electron chi connectivity index (χ0n) is 17.8. The van der Waals surface area contributed by atoms with Gasteiger partial charge >= 0.3 is 0 Å². The first kappa shape index (κ1) is 24.6. The number of carbonyl (C=O) groups is 1. The van der Waals surface area contributed by atoms with Crippen LogP contribution < -0.4 is 15.8 Å². The molecule has 1 amide bonds. The molecule has 4 heterocycles. The highest BCUT2D eigenvalue weighted by atomic mass is 35.5. The summed E-state index contributed by atoms with van der Waals surface area (Å²) in [4.78, 5) is 30.4. The monoisotopic (exact) mass is 482 g/mol. The maximum atomic E-state index is 13.2. The Kier molecular flexibility index (Phi) is 7.85. The van der Waals surface area contributed by atoms with Crippen molar-refractivity contribution in [3.63, 3.8) is 0 Å². The number of fused-ring (bicyclic) bond motifs is 4. The van der Waals surface area contributed by atoms with Gasteiger partial charge in [-0.15, -0.1) is 24.8 Å². The SMILES string of the molecule is Cl.Cl.O=C(c1ccc2n(c1=O)C[C@@H]1CNC[C@H]2C1)N1CCCN(c2ccc(F)cc2)CC1. The lowest BCUT2D eigenvalue weighted by Crippen LogP contribution is -2.46. The first-order valence-electron chi connectivity index (χ1n) is 10.8. The van der Waals surface area contributed by atoms with Crippen LogP contribution >= 0.6 is 24.8 Å². The number of benzene rings is 1. The van der Waals surface area contributed by atoms with E-state index >= 15 is 0 Å². The van der Waals surface area contributed by atoms with Gasteiger partial charge in [0.05, 0.1) is 0 Å². The van der Waals surface area contributed by atoms with E-state index in [0.717, 1.165) is 43.9 Å². The first-order valence-corrected chi connectivity index (χ1v) is 10.8. The number of hydrogen-bond acceptors (Lipinski definition) is 4. The van der Waals surface area contributed by atoms with Gasteiger partial charge < -0.3 is 19.7 Å². The van der Waals surface area contributed by atoms with Crippen molar-refractivity contribution in [2.45, 2.75) is 25.3 Å². The van der Waals surface area contributed by atoms with Gasteiger partial charge in [-0.25, -0.2) is 4.39 Å². The molecule has 2 atom stereocenters. The lowest BCUT2D eigenvalue weighted by atomic mass is 9.84. The fourth-order valence-electron chi connectivity index (χ4n) is 5.15. The molecular weight excluding hydrogens is 454 g/mol. The van der Waals surface area contributed by atoms with Crippen LogP contribution in [0.3, 0.4) is 0 Å². The summed E-state index contributed by atoms with van der Waals surface area (Å²) in [5.41, 5.74) is 2.15. The fraction of sp³-hybridized carbons (Fsp3) is 0.478. The highest BCUT2D eigenvalue weighted by molar-refractivity contribution is 5.94. The van der Waals surface area contributed by atoms with Gasteiger partial charge in [-0.2, -0.15) is 0 Å². The lowest BCUT2D eigenvalue weighted by molar-refractivity contribution is 0.0763. The summed E-state index contributed by atoms with van der Waals surface area (Å²) in [7, 11) is 0. The second-order valence-electron chi connectivity index (χ2n) is 8.65. The minimum absolute atomic E-state index is 0. The predicted octanol–water partition coefficient (Wildman–Crippen LogP) is 2.89. The molecule has 2 bridgehead atoms. The van der Waals surface area contributed by atoms with E-state index in [9.17, 15) is 14.0 Å². The zero-order valence-corrected chi connectivity index (χ0v) is 19.5. The summed E-state index contributed by atoms with van der Waals surface area (Å²) in [5.74, 6) is 0.391. The van der Waals surface area contributed by atoms with Gasteiger partial charge in [-0.05, 0) is 61.7 Å². The van der Waals surface area contributed by atoms with Crippen LogP contribution in [0, 0.1) is 11.7 Å². The highest BCUT2D eigenvalue weighted by Crippen LogP contribution is 2.31. The predicted molar refractivity (Wildman–Crippen MR) is 128 cm³/mol. The quantitative estimate of drug-likeness (QED) is 0.714. The number of pyridine rings is 1. The Hall–Kier alpha value is -2.09. The van der Waals surface area contributed by atoms with E-state index in [2.05, 4.69) is 10.2 Å². The molecule has 0 saturated carbocycles. The number of nitrogens with zero attached hydrogens (tertiary/aromatic N) is 3. The number of amides is 1. The van der Waals surface area contributed by atoms with Gasteiger partial charge in [0.1, 0.15) is 11.4 Å². The molecule has 1 N–H and O–H groups in total. The maximum absolute atomic E-state index is 13.2. The van der Waals surface area contributed by atoms with E-state index in [-0.39, 0.29) is 47.7 Å². The van der Waals surface area contributed by atoms with E-state index in [1.165, 1.54) is 12.1 Å². The number of halogens is 3. The minimum atomic E-state index is -0.252. The second-order valence-corrected chi connectivity index (χ2v) is 8.65. The largest absolute Gasteiger partial charge is 0.370 e. The average Bonchev–Trinajstić information content (AvgIpc) is 3.01. The minimum Gasteiger partial charge on any atom is -0.370 e. The Labute approximate surface area is 199 Å². The molecule has 2 fully saturated rings. The summed E-state index contributed by atoms with van der Waals surface area (Å²) in [5, 5.41) is 3.45. The standard InChI is InChI=1S/C23H27FN4O2.2ClH/c24-18-2-4-19(5-3-18)26-8-1-9-27(11-10-26)22(29)20-6-7-21-17-12-16(13-25-14-17)15-28(21)23(20)30;;/h2-7,16-17,25H,1,8-15H2;2*1H/t16-,17+;;/m0../s1. The number of nitrogens with one attached hydrogen (secondary N) is 1. The Morgan fingerprint density at radius 3 is 2.53 bits per heavy atom. The third kappa shape index (κ3) is 4.65. The van der Waals surface area contributed by atoms with Crippen molar-refractivity contribution < 1.29 is 9.18 Å². The Bertz CT molecular complexity index is 1010. The van der Waals surface area contributed by atoms with Crippen molar-refractivity contribution in [1.29, 1.82) is 0 Å². The first-order chi connectivity index (χ1) is 14.6. The molecule has 2 saturated heterocycles. The van der Waals surface area contributed by atoms with Gasteiger partial charge in [0.2, 0.25) is 0 Å². The summed E-state index contributed by atoms with van der Waals surface area (Å²) >= 11 is 0. The molecule has 1 aromatic carbocycles. The van der Waals surface area contributed by atoms with Crippen LogP contribution in [-0.4, -0.2) is 54.6 Å². The molecule has 0 radical (unpaired) electrons. The summed E-state index contributed by atoms with van der Waals surface area (Å²) in [6, 6.07) is 10.2. The van der Waals surface area contributed by atoms with Gasteiger partial charge in [0, 0.05) is 56.6 Å². The molecule has 2 aromatic rings. The van der Waals surface area contributed by atoms with Crippen molar-refractivity contribution in [3.05, 3.63) is 63.8 Å². The molecule has 3 aliphatic heterocycles. The van der Waals surface area contributed by atoms with Crippen LogP contribution in [0.25, 0.3) is 0 Å². The molecule has 0 spiro atoms. The maximum Gasteiger partial charge on any atom is 0.263 e. The molecule has 6 nitrogen and oxygen atoms in total. The second kappa shape index (κ2) is 10.2. The van der Waals surface area contributed by atoms with Crippen molar-refractivity contribution in [2.24, 2.45) is 5.92 Å². The average molecular weight is 483 g/mol. The van der Waals surface area contributed by atoms with Crippen molar-refractivity contribution in [3.8, 4) is 0 Å². The van der Waals surface area contributed by atoms with E-state index < -0.39 is 0 Å². The summed E-state index contributed by atoms with van der Waals surface area (Å²) in [6.45, 7) is 5.16. The number of piperidine rings is 1. The Morgan fingerprint density at radius 1 is 0.969 bits per heavy atom. The molecule has 32 heavy (non-hydrogen) atoms. The summed E-state index contributed by atoms with van der Waals surface area (Å²) in [6.07, 6.45) is 1.93. The molecule has 5 rings (SSSR count). The van der Waals surface area contributed by atoms with Crippen LogP contribution in [0.1, 0.15) is 34.8 Å². The molecular formula is C23H29Cl2FN4O2. The lowest BCUT2D eigenvalue weighted by Gasteiger charge is -2.37. The van der Waals surface area contributed by atoms with Crippen LogP contribution in [0.15, 0.2) is 41.2 Å². The van der Waals surface area contributed by atoms with Gasteiger partial charge in [0.25, 0.3) is 11.5 Å². The zero-order chi connectivity index (χ0) is 20.7. The number of carbonyl (C=O) groups excluding carboxylic acids is 1. The number of rotatable bonds is 2. The van der Waals surface area contributed by atoms with E-state index in [1.807, 2.05) is 10.6 Å². The van der Waals surface area contributed by atoms with Gasteiger partial charge in [-0.3, -0.25) is 9.59 Å². The number of anilines is 1. The molecule has 1 aromatic heterocycles. The van der Waals surface area contributed by atoms with Gasteiger partial charge in [-0.1, -0.05) is 0 Å². The van der Waals surface area contributed by atoms with E-state index in [0.29, 0.717) is 38.0 Å². The summed E-state index contributed by atoms with van der Waals surface area (Å²) < 4.78 is 15.1. The fourth-order valence-corrected chi connectivity index (χ4v) is 5.15. The van der Waals surface area contributed by atoms with Crippen molar-refractivity contribution >= 4 is 36.4 Å². The molecule has 9 heteroatoms. The van der Waals surface area contributed by atoms with E-state index in [4.69, 9.17) is 0 Å².